The van der Waals surface area contributed by atoms with Crippen LogP contribution in [0.3, 0.4) is 0 Å². The monoisotopic (exact) mass is 341 g/mol. The normalized spacial score (nSPS) is 11.0. The van der Waals surface area contributed by atoms with Gasteiger partial charge < -0.3 is 10.1 Å². The molecule has 114 valence electrons. The van der Waals surface area contributed by atoms with Crippen LogP contribution >= 0.6 is 15.9 Å². The van der Waals surface area contributed by atoms with Crippen molar-refractivity contribution in [2.24, 2.45) is 5.92 Å². The number of hydrogen-bond donors (Lipinski definition) is 1. The molecule has 1 aromatic carbocycles. The highest BCUT2D eigenvalue weighted by Crippen LogP contribution is 2.15. The van der Waals surface area contributed by atoms with Crippen LogP contribution in [0, 0.1) is 5.92 Å². The van der Waals surface area contributed by atoms with Crippen LogP contribution in [0.25, 0.3) is 0 Å². The van der Waals surface area contributed by atoms with Gasteiger partial charge in [-0.3, -0.25) is 0 Å². The lowest BCUT2D eigenvalue weighted by molar-refractivity contribution is 0.313. The predicted octanol–water partition coefficient (Wildman–Crippen LogP) is 5.02. The highest BCUT2D eigenvalue weighted by atomic mass is 79.9. The van der Waals surface area contributed by atoms with Crippen LogP contribution in [-0.4, -0.2) is 19.7 Å². The fraction of sp³-hybridized carbons (Fsp3) is 0.647. The molecule has 1 aromatic rings. The molecule has 20 heavy (non-hydrogen) atoms. The maximum atomic E-state index is 5.65. The third-order valence-electron chi connectivity index (χ3n) is 3.25. The van der Waals surface area contributed by atoms with Gasteiger partial charge in [0.05, 0.1) is 0 Å². The van der Waals surface area contributed by atoms with Crippen LogP contribution in [0.4, 0.5) is 0 Å². The summed E-state index contributed by atoms with van der Waals surface area (Å²) in [6.07, 6.45) is 6.73. The third kappa shape index (κ3) is 9.38. The average molecular weight is 342 g/mol. The SMILES string of the molecule is CC(C)CCCCCCNCCOc1ccc(Br)cc1. The molecular weight excluding hydrogens is 314 g/mol. The van der Waals surface area contributed by atoms with Gasteiger partial charge in [0.15, 0.2) is 0 Å². The summed E-state index contributed by atoms with van der Waals surface area (Å²) in [4.78, 5) is 0. The average Bonchev–Trinajstić information content (AvgIpc) is 2.42. The molecule has 0 saturated carbocycles. The largest absolute Gasteiger partial charge is 0.492 e. The van der Waals surface area contributed by atoms with Crippen molar-refractivity contribution in [3.63, 3.8) is 0 Å². The van der Waals surface area contributed by atoms with Gasteiger partial charge in [-0.1, -0.05) is 55.5 Å². The highest BCUT2D eigenvalue weighted by molar-refractivity contribution is 9.10. The predicted molar refractivity (Wildman–Crippen MR) is 90.4 cm³/mol. The number of halogens is 1. The maximum absolute atomic E-state index is 5.65. The van der Waals surface area contributed by atoms with Crippen molar-refractivity contribution < 1.29 is 4.74 Å². The molecule has 0 aromatic heterocycles. The summed E-state index contributed by atoms with van der Waals surface area (Å²) in [5, 5.41) is 3.43. The van der Waals surface area contributed by atoms with E-state index in [9.17, 15) is 0 Å². The Morgan fingerprint density at radius 2 is 1.70 bits per heavy atom. The maximum Gasteiger partial charge on any atom is 0.119 e. The zero-order valence-corrected chi connectivity index (χ0v) is 14.4. The van der Waals surface area contributed by atoms with E-state index in [1.54, 1.807) is 0 Å². The van der Waals surface area contributed by atoms with Gasteiger partial charge >= 0.3 is 0 Å². The Kier molecular flexibility index (Phi) is 9.77. The fourth-order valence-corrected chi connectivity index (χ4v) is 2.32. The van der Waals surface area contributed by atoms with Crippen LogP contribution in [0.2, 0.25) is 0 Å². The number of nitrogens with one attached hydrogen (secondary N) is 1. The van der Waals surface area contributed by atoms with Gasteiger partial charge in [-0.2, -0.15) is 0 Å². The zero-order chi connectivity index (χ0) is 14.6. The lowest BCUT2D eigenvalue weighted by Gasteiger charge is -2.08. The van der Waals surface area contributed by atoms with Gasteiger partial charge in [-0.05, 0) is 43.1 Å². The molecule has 1 rings (SSSR count). The molecule has 0 amide bonds. The molecule has 2 nitrogen and oxygen atoms in total. The first-order chi connectivity index (χ1) is 9.68. The second-order valence-corrected chi connectivity index (χ2v) is 6.56. The van der Waals surface area contributed by atoms with Crippen molar-refractivity contribution >= 4 is 15.9 Å². The van der Waals surface area contributed by atoms with E-state index in [4.69, 9.17) is 4.74 Å². The van der Waals surface area contributed by atoms with Crippen LogP contribution in [-0.2, 0) is 0 Å². The van der Waals surface area contributed by atoms with Gasteiger partial charge in [0.1, 0.15) is 12.4 Å². The Morgan fingerprint density at radius 1 is 1.00 bits per heavy atom. The Hall–Kier alpha value is -0.540. The molecule has 0 aliphatic rings. The van der Waals surface area contributed by atoms with Crippen molar-refractivity contribution in [2.75, 3.05) is 19.7 Å². The molecule has 0 bridgehead atoms. The summed E-state index contributed by atoms with van der Waals surface area (Å²) in [5.41, 5.74) is 0. The smallest absolute Gasteiger partial charge is 0.119 e. The number of hydrogen-bond acceptors (Lipinski definition) is 2. The van der Waals surface area contributed by atoms with Crippen LogP contribution in [0.5, 0.6) is 5.75 Å². The van der Waals surface area contributed by atoms with E-state index in [0.29, 0.717) is 0 Å². The first-order valence-corrected chi connectivity index (χ1v) is 8.57. The number of unbranched alkanes of at least 4 members (excludes halogenated alkanes) is 3. The van der Waals surface area contributed by atoms with Crippen LogP contribution in [0.15, 0.2) is 28.7 Å². The quantitative estimate of drug-likeness (QED) is 0.570. The molecule has 0 radical (unpaired) electrons. The summed E-state index contributed by atoms with van der Waals surface area (Å²) in [7, 11) is 0. The first-order valence-electron chi connectivity index (χ1n) is 7.77. The minimum atomic E-state index is 0.731. The first kappa shape index (κ1) is 17.5. The molecule has 0 fully saturated rings. The third-order valence-corrected chi connectivity index (χ3v) is 3.77. The Bertz CT molecular complexity index is 337. The van der Waals surface area contributed by atoms with E-state index in [-0.39, 0.29) is 0 Å². The summed E-state index contributed by atoms with van der Waals surface area (Å²) >= 11 is 3.41. The molecule has 0 saturated heterocycles. The molecule has 0 aliphatic heterocycles. The Labute approximate surface area is 132 Å². The topological polar surface area (TPSA) is 21.3 Å². The van der Waals surface area contributed by atoms with Crippen molar-refractivity contribution in [3.05, 3.63) is 28.7 Å². The zero-order valence-electron chi connectivity index (χ0n) is 12.8. The summed E-state index contributed by atoms with van der Waals surface area (Å²) in [6.45, 7) is 7.35. The van der Waals surface area contributed by atoms with E-state index in [1.165, 1.54) is 32.1 Å². The van der Waals surface area contributed by atoms with E-state index in [2.05, 4.69) is 35.1 Å². The summed E-state index contributed by atoms with van der Waals surface area (Å²) in [5.74, 6) is 1.78. The molecule has 0 unspecified atom stereocenters. The van der Waals surface area contributed by atoms with E-state index in [0.717, 1.165) is 35.8 Å². The molecule has 0 heterocycles. The summed E-state index contributed by atoms with van der Waals surface area (Å²) in [6, 6.07) is 7.97. The van der Waals surface area contributed by atoms with E-state index in [1.807, 2.05) is 24.3 Å². The number of ether oxygens (including phenoxy) is 1. The van der Waals surface area contributed by atoms with Gasteiger partial charge in [0.2, 0.25) is 0 Å². The van der Waals surface area contributed by atoms with Gasteiger partial charge in [-0.25, -0.2) is 0 Å². The second kappa shape index (κ2) is 11.2. The summed E-state index contributed by atoms with van der Waals surface area (Å²) < 4.78 is 6.73. The van der Waals surface area contributed by atoms with Crippen LogP contribution < -0.4 is 10.1 Å². The standard InChI is InChI=1S/C17H28BrNO/c1-15(2)7-5-3-4-6-12-19-13-14-20-17-10-8-16(18)9-11-17/h8-11,15,19H,3-7,12-14H2,1-2H3. The highest BCUT2D eigenvalue weighted by Gasteiger charge is 1.95. The molecule has 1 N–H and O–H groups in total. The van der Waals surface area contributed by atoms with Crippen molar-refractivity contribution in [2.45, 2.75) is 46.0 Å². The van der Waals surface area contributed by atoms with Gasteiger partial charge in [0, 0.05) is 11.0 Å². The minimum absolute atomic E-state index is 0.731. The molecule has 0 atom stereocenters. The van der Waals surface area contributed by atoms with Gasteiger partial charge in [-0.15, -0.1) is 0 Å². The molecular formula is C17H28BrNO. The lowest BCUT2D eigenvalue weighted by Crippen LogP contribution is -2.22. The lowest BCUT2D eigenvalue weighted by atomic mass is 10.0. The molecule has 0 aliphatic carbocycles. The Balaban J connectivity index is 1.86. The fourth-order valence-electron chi connectivity index (χ4n) is 2.05. The van der Waals surface area contributed by atoms with E-state index < -0.39 is 0 Å². The Morgan fingerprint density at radius 3 is 2.40 bits per heavy atom. The van der Waals surface area contributed by atoms with Crippen molar-refractivity contribution in [1.82, 2.24) is 5.32 Å². The molecule has 0 spiro atoms. The van der Waals surface area contributed by atoms with Gasteiger partial charge in [0.25, 0.3) is 0 Å². The van der Waals surface area contributed by atoms with E-state index >= 15 is 0 Å². The number of rotatable bonds is 11. The number of benzene rings is 1. The van der Waals surface area contributed by atoms with Crippen molar-refractivity contribution in [3.8, 4) is 5.75 Å². The second-order valence-electron chi connectivity index (χ2n) is 5.65. The van der Waals surface area contributed by atoms with Crippen molar-refractivity contribution in [1.29, 1.82) is 0 Å². The molecule has 3 heteroatoms. The van der Waals surface area contributed by atoms with Crippen LogP contribution in [0.1, 0.15) is 46.0 Å². The minimum Gasteiger partial charge on any atom is -0.492 e.